The van der Waals surface area contributed by atoms with E-state index in [2.05, 4.69) is 5.32 Å². The summed E-state index contributed by atoms with van der Waals surface area (Å²) in [6.07, 6.45) is 1.95. The van der Waals surface area contributed by atoms with Gasteiger partial charge >= 0.3 is 5.97 Å². The van der Waals surface area contributed by atoms with Crippen LogP contribution in [-0.2, 0) is 14.3 Å². The molecule has 1 heterocycles. The van der Waals surface area contributed by atoms with Gasteiger partial charge < -0.3 is 20.1 Å². The number of carboxylic acid groups (broad SMARTS) is 1. The molecule has 2 aliphatic rings. The Balaban J connectivity index is 1.78. The molecular weight excluding hydrogens is 236 g/mol. The van der Waals surface area contributed by atoms with Gasteiger partial charge in [-0.15, -0.1) is 0 Å². The summed E-state index contributed by atoms with van der Waals surface area (Å²) in [5.74, 6) is -0.962. The molecule has 0 spiro atoms. The van der Waals surface area contributed by atoms with E-state index < -0.39 is 5.97 Å². The molecule has 102 valence electrons. The molecule has 0 bridgehead atoms. The van der Waals surface area contributed by atoms with E-state index in [1.54, 1.807) is 4.90 Å². The van der Waals surface area contributed by atoms with Gasteiger partial charge in [-0.05, 0) is 19.8 Å². The Bertz CT molecular complexity index is 337. The molecule has 0 atom stereocenters. The van der Waals surface area contributed by atoms with Crippen molar-refractivity contribution in [3.05, 3.63) is 0 Å². The van der Waals surface area contributed by atoms with Gasteiger partial charge in [-0.1, -0.05) is 0 Å². The summed E-state index contributed by atoms with van der Waals surface area (Å²) in [4.78, 5) is 24.2. The van der Waals surface area contributed by atoms with Crippen molar-refractivity contribution in [3.8, 4) is 0 Å². The molecule has 1 amide bonds. The Hall–Kier alpha value is -1.14. The number of rotatable bonds is 7. The van der Waals surface area contributed by atoms with Crippen molar-refractivity contribution < 1.29 is 19.4 Å². The standard InChI is InChI=1S/C12H20N2O4/c1-12(7-13-8-12)18-6-10(15)14(9-2-3-9)5-4-11(16)17/h9,13H,2-8H2,1H3,(H,16,17). The zero-order chi connectivity index (χ0) is 13.2. The van der Waals surface area contributed by atoms with Gasteiger partial charge in [0.15, 0.2) is 0 Å². The first-order valence-electron chi connectivity index (χ1n) is 6.36. The van der Waals surface area contributed by atoms with Crippen molar-refractivity contribution in [1.82, 2.24) is 10.2 Å². The highest BCUT2D eigenvalue weighted by Gasteiger charge is 2.36. The van der Waals surface area contributed by atoms with Crippen LogP contribution in [0.5, 0.6) is 0 Å². The predicted molar refractivity (Wildman–Crippen MR) is 64.2 cm³/mol. The van der Waals surface area contributed by atoms with Crippen LogP contribution in [0.2, 0.25) is 0 Å². The van der Waals surface area contributed by atoms with Crippen molar-refractivity contribution in [1.29, 1.82) is 0 Å². The molecule has 1 saturated carbocycles. The molecule has 1 aliphatic carbocycles. The second-order valence-corrected chi connectivity index (χ2v) is 5.30. The molecule has 2 N–H and O–H groups in total. The summed E-state index contributed by atoms with van der Waals surface area (Å²) in [5, 5.41) is 11.8. The number of carbonyl (C=O) groups excluding carboxylic acids is 1. The molecule has 2 rings (SSSR count). The maximum atomic E-state index is 12.0. The molecule has 18 heavy (non-hydrogen) atoms. The van der Waals surface area contributed by atoms with E-state index in [-0.39, 0.29) is 37.1 Å². The number of hydrogen-bond donors (Lipinski definition) is 2. The molecule has 0 unspecified atom stereocenters. The van der Waals surface area contributed by atoms with E-state index in [0.717, 1.165) is 25.9 Å². The number of ether oxygens (including phenoxy) is 1. The molecular formula is C12H20N2O4. The van der Waals surface area contributed by atoms with Gasteiger partial charge in [0.2, 0.25) is 5.91 Å². The lowest BCUT2D eigenvalue weighted by atomic mass is 10.0. The molecule has 6 heteroatoms. The third kappa shape index (κ3) is 3.43. The van der Waals surface area contributed by atoms with Gasteiger partial charge in [-0.25, -0.2) is 0 Å². The second kappa shape index (κ2) is 5.24. The fourth-order valence-corrected chi connectivity index (χ4v) is 2.01. The minimum absolute atomic E-state index is 0.00105. The first kappa shape index (κ1) is 13.3. The molecule has 1 saturated heterocycles. The Kier molecular flexibility index (Phi) is 3.87. The minimum atomic E-state index is -0.871. The number of carbonyl (C=O) groups is 2. The summed E-state index contributed by atoms with van der Waals surface area (Å²) in [5.41, 5.74) is -0.238. The van der Waals surface area contributed by atoms with Crippen LogP contribution in [0.25, 0.3) is 0 Å². The summed E-state index contributed by atoms with van der Waals surface area (Å²) < 4.78 is 5.59. The summed E-state index contributed by atoms with van der Waals surface area (Å²) in [7, 11) is 0. The topological polar surface area (TPSA) is 78.9 Å². The van der Waals surface area contributed by atoms with Crippen molar-refractivity contribution in [2.24, 2.45) is 0 Å². The fourth-order valence-electron chi connectivity index (χ4n) is 2.01. The third-order valence-corrected chi connectivity index (χ3v) is 3.42. The lowest BCUT2D eigenvalue weighted by Crippen LogP contribution is -2.59. The third-order valence-electron chi connectivity index (χ3n) is 3.42. The molecule has 6 nitrogen and oxygen atoms in total. The van der Waals surface area contributed by atoms with E-state index in [1.807, 2.05) is 6.92 Å². The smallest absolute Gasteiger partial charge is 0.305 e. The maximum Gasteiger partial charge on any atom is 0.305 e. The van der Waals surface area contributed by atoms with Crippen LogP contribution < -0.4 is 5.32 Å². The quantitative estimate of drug-likeness (QED) is 0.661. The molecule has 2 fully saturated rings. The van der Waals surface area contributed by atoms with Gasteiger partial charge in [0.1, 0.15) is 6.61 Å². The van der Waals surface area contributed by atoms with Gasteiger partial charge in [0.25, 0.3) is 0 Å². The number of nitrogens with zero attached hydrogens (tertiary/aromatic N) is 1. The van der Waals surface area contributed by atoms with Gasteiger partial charge in [0.05, 0.1) is 12.0 Å². The monoisotopic (exact) mass is 256 g/mol. The molecule has 0 aromatic carbocycles. The Morgan fingerprint density at radius 3 is 2.56 bits per heavy atom. The van der Waals surface area contributed by atoms with Crippen LogP contribution in [0.3, 0.4) is 0 Å². The zero-order valence-corrected chi connectivity index (χ0v) is 10.6. The van der Waals surface area contributed by atoms with E-state index in [0.29, 0.717) is 0 Å². The van der Waals surface area contributed by atoms with Crippen LogP contribution >= 0.6 is 0 Å². The molecule has 0 aromatic heterocycles. The van der Waals surface area contributed by atoms with E-state index in [4.69, 9.17) is 9.84 Å². The van der Waals surface area contributed by atoms with E-state index in [9.17, 15) is 9.59 Å². The van der Waals surface area contributed by atoms with Crippen molar-refractivity contribution >= 4 is 11.9 Å². The predicted octanol–water partition coefficient (Wildman–Crippen LogP) is -0.169. The highest BCUT2D eigenvalue weighted by Crippen LogP contribution is 2.27. The summed E-state index contributed by atoms with van der Waals surface area (Å²) in [6.45, 7) is 3.83. The van der Waals surface area contributed by atoms with Crippen LogP contribution in [-0.4, -0.2) is 59.8 Å². The summed E-state index contributed by atoms with van der Waals surface area (Å²) in [6, 6.07) is 0.229. The van der Waals surface area contributed by atoms with Crippen LogP contribution in [0, 0.1) is 0 Å². The highest BCUT2D eigenvalue weighted by atomic mass is 16.5. The average molecular weight is 256 g/mol. The van der Waals surface area contributed by atoms with Crippen LogP contribution in [0.15, 0.2) is 0 Å². The lowest BCUT2D eigenvalue weighted by molar-refractivity contribution is -0.147. The van der Waals surface area contributed by atoms with Gasteiger partial charge in [-0.3, -0.25) is 9.59 Å². The van der Waals surface area contributed by atoms with Crippen LogP contribution in [0.4, 0.5) is 0 Å². The van der Waals surface area contributed by atoms with Gasteiger partial charge in [-0.2, -0.15) is 0 Å². The number of hydrogen-bond acceptors (Lipinski definition) is 4. The first-order chi connectivity index (χ1) is 8.50. The van der Waals surface area contributed by atoms with E-state index in [1.165, 1.54) is 0 Å². The average Bonchev–Trinajstić information content (AvgIpc) is 3.08. The zero-order valence-electron chi connectivity index (χ0n) is 10.6. The minimum Gasteiger partial charge on any atom is -0.481 e. The van der Waals surface area contributed by atoms with Crippen molar-refractivity contribution in [2.75, 3.05) is 26.2 Å². The largest absolute Gasteiger partial charge is 0.481 e. The Morgan fingerprint density at radius 1 is 1.44 bits per heavy atom. The van der Waals surface area contributed by atoms with Gasteiger partial charge in [0, 0.05) is 25.7 Å². The van der Waals surface area contributed by atoms with Crippen LogP contribution in [0.1, 0.15) is 26.2 Å². The normalized spacial score (nSPS) is 21.2. The Labute approximate surface area is 106 Å². The molecule has 0 aromatic rings. The molecule has 0 radical (unpaired) electrons. The maximum absolute atomic E-state index is 12.0. The lowest BCUT2D eigenvalue weighted by Gasteiger charge is -2.39. The second-order valence-electron chi connectivity index (χ2n) is 5.30. The number of amides is 1. The number of aliphatic carboxylic acids is 1. The van der Waals surface area contributed by atoms with Crippen molar-refractivity contribution in [2.45, 2.75) is 37.8 Å². The van der Waals surface area contributed by atoms with Crippen molar-refractivity contribution in [3.63, 3.8) is 0 Å². The first-order valence-corrected chi connectivity index (χ1v) is 6.36. The number of carboxylic acids is 1. The fraction of sp³-hybridized carbons (Fsp3) is 0.833. The Morgan fingerprint density at radius 2 is 2.11 bits per heavy atom. The highest BCUT2D eigenvalue weighted by molar-refractivity contribution is 5.79. The van der Waals surface area contributed by atoms with E-state index >= 15 is 0 Å². The molecule has 1 aliphatic heterocycles. The summed E-state index contributed by atoms with van der Waals surface area (Å²) >= 11 is 0. The SMILES string of the molecule is CC1(OCC(=O)N(CCC(=O)O)C2CC2)CNC1. The number of nitrogens with one attached hydrogen (secondary N) is 1.